The van der Waals surface area contributed by atoms with Crippen molar-refractivity contribution < 1.29 is 28.1 Å². The van der Waals surface area contributed by atoms with Crippen LogP contribution in [0.4, 0.5) is 5.69 Å². The van der Waals surface area contributed by atoms with Gasteiger partial charge in [-0.2, -0.15) is 0 Å². The molecule has 0 spiro atoms. The first-order valence-corrected chi connectivity index (χ1v) is 10.00. The Morgan fingerprint density at radius 1 is 0.893 bits per heavy atom. The molecule has 2 aromatic rings. The fraction of sp³-hybridized carbons (Fsp3) is 0.250. The van der Waals surface area contributed by atoms with Crippen molar-refractivity contribution in [3.05, 3.63) is 59.7 Å². The highest BCUT2D eigenvalue weighted by molar-refractivity contribution is 7.85. The SMILES string of the molecule is CCOC(=O)c1ccccc1NC(=O)COC(=O)c1ccccc1[S@](=O)CC. The first-order chi connectivity index (χ1) is 13.5. The Labute approximate surface area is 165 Å². The zero-order chi connectivity index (χ0) is 20.5. The molecule has 0 bridgehead atoms. The number of ether oxygens (including phenoxy) is 2. The maximum absolute atomic E-state index is 12.3. The lowest BCUT2D eigenvalue weighted by molar-refractivity contribution is -0.119. The molecule has 0 heterocycles. The van der Waals surface area contributed by atoms with Gasteiger partial charge in [0.15, 0.2) is 6.61 Å². The van der Waals surface area contributed by atoms with E-state index in [-0.39, 0.29) is 23.4 Å². The number of para-hydroxylation sites is 1. The molecule has 7 nitrogen and oxygen atoms in total. The van der Waals surface area contributed by atoms with Crippen LogP contribution in [0, 0.1) is 0 Å². The number of hydrogen-bond donors (Lipinski definition) is 1. The Morgan fingerprint density at radius 3 is 2.18 bits per heavy atom. The molecular weight excluding hydrogens is 382 g/mol. The zero-order valence-corrected chi connectivity index (χ0v) is 16.4. The van der Waals surface area contributed by atoms with E-state index in [9.17, 15) is 18.6 Å². The van der Waals surface area contributed by atoms with Crippen LogP contribution < -0.4 is 5.32 Å². The average molecular weight is 403 g/mol. The van der Waals surface area contributed by atoms with Gasteiger partial charge in [-0.15, -0.1) is 0 Å². The maximum Gasteiger partial charge on any atom is 0.340 e. The third kappa shape index (κ3) is 5.50. The van der Waals surface area contributed by atoms with Crippen LogP contribution in [-0.2, 0) is 25.1 Å². The summed E-state index contributed by atoms with van der Waals surface area (Å²) < 4.78 is 22.0. The maximum atomic E-state index is 12.3. The summed E-state index contributed by atoms with van der Waals surface area (Å²) in [5.74, 6) is -1.56. The van der Waals surface area contributed by atoms with Crippen LogP contribution in [-0.4, -0.2) is 41.0 Å². The van der Waals surface area contributed by atoms with Gasteiger partial charge in [-0.3, -0.25) is 9.00 Å². The molecule has 2 aromatic carbocycles. The molecule has 0 aliphatic rings. The van der Waals surface area contributed by atoms with Gasteiger partial charge in [0.2, 0.25) is 0 Å². The highest BCUT2D eigenvalue weighted by atomic mass is 32.2. The Kier molecular flexibility index (Phi) is 7.88. The number of rotatable bonds is 8. The van der Waals surface area contributed by atoms with Crippen molar-refractivity contribution in [2.24, 2.45) is 0 Å². The minimum Gasteiger partial charge on any atom is -0.462 e. The molecule has 0 aromatic heterocycles. The normalized spacial score (nSPS) is 11.4. The summed E-state index contributed by atoms with van der Waals surface area (Å²) in [5.41, 5.74) is 0.615. The van der Waals surface area contributed by atoms with Crippen molar-refractivity contribution in [3.63, 3.8) is 0 Å². The van der Waals surface area contributed by atoms with Crippen molar-refractivity contribution in [1.82, 2.24) is 0 Å². The van der Waals surface area contributed by atoms with Gasteiger partial charge in [-0.1, -0.05) is 31.2 Å². The third-order valence-electron chi connectivity index (χ3n) is 3.65. The molecule has 1 atom stereocenters. The molecule has 0 saturated carbocycles. The molecule has 0 saturated heterocycles. The fourth-order valence-electron chi connectivity index (χ4n) is 2.36. The van der Waals surface area contributed by atoms with E-state index in [1.165, 1.54) is 12.1 Å². The summed E-state index contributed by atoms with van der Waals surface area (Å²) in [4.78, 5) is 36.8. The number of benzene rings is 2. The third-order valence-corrected chi connectivity index (χ3v) is 5.02. The quantitative estimate of drug-likeness (QED) is 0.681. The van der Waals surface area contributed by atoms with Crippen LogP contribution in [0.15, 0.2) is 53.4 Å². The fourth-order valence-corrected chi connectivity index (χ4v) is 3.30. The van der Waals surface area contributed by atoms with Crippen LogP contribution in [0.2, 0.25) is 0 Å². The van der Waals surface area contributed by atoms with E-state index in [4.69, 9.17) is 9.47 Å². The van der Waals surface area contributed by atoms with Gasteiger partial charge in [-0.25, -0.2) is 9.59 Å². The van der Waals surface area contributed by atoms with Crippen LogP contribution in [0.25, 0.3) is 0 Å². The number of esters is 2. The Hall–Kier alpha value is -3.00. The summed E-state index contributed by atoms with van der Waals surface area (Å²) in [6.07, 6.45) is 0. The summed E-state index contributed by atoms with van der Waals surface area (Å²) in [6, 6.07) is 12.8. The molecule has 2 rings (SSSR count). The summed E-state index contributed by atoms with van der Waals surface area (Å²) in [6.45, 7) is 3.08. The molecule has 0 aliphatic carbocycles. The van der Waals surface area contributed by atoms with Crippen LogP contribution in [0.1, 0.15) is 34.6 Å². The lowest BCUT2D eigenvalue weighted by atomic mass is 10.2. The topological polar surface area (TPSA) is 98.8 Å². The highest BCUT2D eigenvalue weighted by Gasteiger charge is 2.18. The lowest BCUT2D eigenvalue weighted by Crippen LogP contribution is -2.23. The second-order valence-electron chi connectivity index (χ2n) is 5.52. The minimum absolute atomic E-state index is 0.155. The predicted octanol–water partition coefficient (Wildman–Crippen LogP) is 2.79. The van der Waals surface area contributed by atoms with Gasteiger partial charge in [0.05, 0.1) is 39.1 Å². The van der Waals surface area contributed by atoms with Crippen molar-refractivity contribution in [2.75, 3.05) is 24.3 Å². The number of carbonyl (C=O) groups is 3. The molecule has 8 heteroatoms. The number of hydrogen-bond acceptors (Lipinski definition) is 6. The van der Waals surface area contributed by atoms with Gasteiger partial charge in [0.1, 0.15) is 0 Å². The number of amides is 1. The molecule has 28 heavy (non-hydrogen) atoms. The smallest absolute Gasteiger partial charge is 0.340 e. The van der Waals surface area contributed by atoms with Gasteiger partial charge < -0.3 is 14.8 Å². The summed E-state index contributed by atoms with van der Waals surface area (Å²) in [7, 11) is -1.33. The number of anilines is 1. The van der Waals surface area contributed by atoms with Crippen LogP contribution in [0.5, 0.6) is 0 Å². The highest BCUT2D eigenvalue weighted by Crippen LogP contribution is 2.17. The van der Waals surface area contributed by atoms with Crippen LogP contribution in [0.3, 0.4) is 0 Å². The molecule has 0 radical (unpaired) electrons. The van der Waals surface area contributed by atoms with E-state index in [1.54, 1.807) is 50.2 Å². The minimum atomic E-state index is -1.33. The van der Waals surface area contributed by atoms with Gasteiger partial charge in [-0.05, 0) is 31.2 Å². The first kappa shape index (κ1) is 21.3. The Morgan fingerprint density at radius 2 is 1.50 bits per heavy atom. The van der Waals surface area contributed by atoms with E-state index in [0.29, 0.717) is 10.6 Å². The molecule has 0 aliphatic heterocycles. The van der Waals surface area contributed by atoms with Crippen molar-refractivity contribution >= 4 is 34.3 Å². The van der Waals surface area contributed by atoms with E-state index in [2.05, 4.69) is 5.32 Å². The molecule has 1 N–H and O–H groups in total. The van der Waals surface area contributed by atoms with Crippen molar-refractivity contribution in [3.8, 4) is 0 Å². The molecular formula is C20H21NO6S. The second-order valence-corrected chi connectivity index (χ2v) is 7.23. The number of carbonyl (C=O) groups excluding carboxylic acids is 3. The van der Waals surface area contributed by atoms with E-state index in [1.807, 2.05) is 0 Å². The lowest BCUT2D eigenvalue weighted by Gasteiger charge is -2.11. The van der Waals surface area contributed by atoms with Gasteiger partial charge in [0, 0.05) is 5.75 Å². The predicted molar refractivity (Wildman–Crippen MR) is 105 cm³/mol. The summed E-state index contributed by atoms with van der Waals surface area (Å²) >= 11 is 0. The van der Waals surface area contributed by atoms with Crippen molar-refractivity contribution in [2.45, 2.75) is 18.7 Å². The molecule has 0 fully saturated rings. The van der Waals surface area contributed by atoms with E-state index in [0.717, 1.165) is 0 Å². The molecule has 0 unspecified atom stereocenters. The van der Waals surface area contributed by atoms with E-state index >= 15 is 0 Å². The van der Waals surface area contributed by atoms with E-state index < -0.39 is 35.3 Å². The standard InChI is InChI=1S/C20H21NO6S/c1-3-26-19(23)14-9-5-7-11-16(14)21-18(22)13-27-20(24)15-10-6-8-12-17(15)28(25)4-2/h5-12H,3-4,13H2,1-2H3,(H,21,22)/t28-/m1/s1. The zero-order valence-electron chi connectivity index (χ0n) is 15.6. The summed E-state index contributed by atoms with van der Waals surface area (Å²) in [5, 5.41) is 2.53. The Bertz CT molecular complexity index is 896. The number of nitrogens with one attached hydrogen (secondary N) is 1. The molecule has 148 valence electrons. The molecule has 1 amide bonds. The van der Waals surface area contributed by atoms with Gasteiger partial charge in [0.25, 0.3) is 5.91 Å². The van der Waals surface area contributed by atoms with Crippen molar-refractivity contribution in [1.29, 1.82) is 0 Å². The monoisotopic (exact) mass is 403 g/mol. The average Bonchev–Trinajstić information content (AvgIpc) is 2.72. The first-order valence-electron chi connectivity index (χ1n) is 8.68. The van der Waals surface area contributed by atoms with Gasteiger partial charge >= 0.3 is 11.9 Å². The van der Waals surface area contributed by atoms with Crippen LogP contribution >= 0.6 is 0 Å². The largest absolute Gasteiger partial charge is 0.462 e. The second kappa shape index (κ2) is 10.4. The Balaban J connectivity index is 2.03.